The fraction of sp³-hybridized carbons (Fsp3) is 0.250. The van der Waals surface area contributed by atoms with Crippen LogP contribution in [0.15, 0.2) is 53.5 Å². The van der Waals surface area contributed by atoms with Crippen molar-refractivity contribution in [2.75, 3.05) is 13.2 Å². The summed E-state index contributed by atoms with van der Waals surface area (Å²) in [6.07, 6.45) is 0.625. The quantitative estimate of drug-likeness (QED) is 0.551. The highest BCUT2D eigenvalue weighted by Crippen LogP contribution is 2.28. The third-order valence-electron chi connectivity index (χ3n) is 4.19. The van der Waals surface area contributed by atoms with Crippen molar-refractivity contribution in [2.45, 2.75) is 18.9 Å². The number of carbonyl (C=O) groups excluding carboxylic acids is 1. The van der Waals surface area contributed by atoms with E-state index in [1.165, 1.54) is 12.1 Å². The molecule has 1 atom stereocenters. The van der Waals surface area contributed by atoms with Gasteiger partial charge in [-0.2, -0.15) is 0 Å². The Morgan fingerprint density at radius 2 is 2.00 bits per heavy atom. The fourth-order valence-corrected chi connectivity index (χ4v) is 2.87. The number of carboxylic acids is 1. The molecule has 2 N–H and O–H groups in total. The highest BCUT2D eigenvalue weighted by molar-refractivity contribution is 5.96. The van der Waals surface area contributed by atoms with E-state index in [1.807, 2.05) is 0 Å². The van der Waals surface area contributed by atoms with Gasteiger partial charge in [-0.25, -0.2) is 9.18 Å². The molecule has 27 heavy (non-hydrogen) atoms. The maximum atomic E-state index is 13.3. The maximum Gasteiger partial charge on any atom is 0.338 e. The molecule has 2 aromatic rings. The van der Waals surface area contributed by atoms with Crippen LogP contribution in [0, 0.1) is 5.82 Å². The molecule has 0 amide bonds. The summed E-state index contributed by atoms with van der Waals surface area (Å²) in [5.74, 6) is -1.81. The third-order valence-corrected chi connectivity index (χ3v) is 4.19. The van der Waals surface area contributed by atoms with Crippen LogP contribution in [0.1, 0.15) is 22.3 Å². The van der Waals surface area contributed by atoms with Gasteiger partial charge in [-0.3, -0.25) is 9.79 Å². The number of nitrogens with one attached hydrogen (secondary N) is 1. The van der Waals surface area contributed by atoms with Crippen molar-refractivity contribution in [3.8, 4) is 0 Å². The van der Waals surface area contributed by atoms with E-state index in [9.17, 15) is 19.1 Å². The Labute approximate surface area is 155 Å². The number of esters is 1. The van der Waals surface area contributed by atoms with Crippen molar-refractivity contribution in [1.29, 1.82) is 0 Å². The smallest absolute Gasteiger partial charge is 0.338 e. The van der Waals surface area contributed by atoms with E-state index >= 15 is 0 Å². The normalized spacial score (nSPS) is 13.6. The predicted molar refractivity (Wildman–Crippen MR) is 98.0 cm³/mol. The Morgan fingerprint density at radius 1 is 1.22 bits per heavy atom. The number of rotatable bonds is 8. The van der Waals surface area contributed by atoms with Gasteiger partial charge in [-0.05, 0) is 35.9 Å². The molecular weight excluding hydrogens is 351 g/mol. The summed E-state index contributed by atoms with van der Waals surface area (Å²) in [7, 11) is 0. The molecule has 0 radical (unpaired) electrons. The van der Waals surface area contributed by atoms with Crippen LogP contribution < -0.4 is 5.32 Å². The Bertz CT molecular complexity index is 868. The van der Waals surface area contributed by atoms with Crippen LogP contribution in [0.25, 0.3) is 0 Å². The number of carboxylic acid groups (broad SMARTS) is 1. The molecule has 0 aliphatic carbocycles. The van der Waals surface area contributed by atoms with E-state index in [1.54, 1.807) is 36.4 Å². The summed E-state index contributed by atoms with van der Waals surface area (Å²) in [6.45, 7) is 0.250. The largest absolute Gasteiger partial charge is 0.480 e. The summed E-state index contributed by atoms with van der Waals surface area (Å²) in [5, 5.41) is 12.3. The summed E-state index contributed by atoms with van der Waals surface area (Å²) in [4.78, 5) is 27.7. The molecule has 7 heteroatoms. The van der Waals surface area contributed by atoms with Crippen LogP contribution in [-0.2, 0) is 16.0 Å². The first-order valence-electron chi connectivity index (χ1n) is 8.56. The topological polar surface area (TPSA) is 88.0 Å². The summed E-state index contributed by atoms with van der Waals surface area (Å²) in [6, 6.07) is 12.0. The van der Waals surface area contributed by atoms with Crippen molar-refractivity contribution in [1.82, 2.24) is 5.32 Å². The highest BCUT2D eigenvalue weighted by atomic mass is 19.1. The van der Waals surface area contributed by atoms with E-state index in [2.05, 4.69) is 10.3 Å². The molecule has 0 bridgehead atoms. The molecule has 0 spiro atoms. The van der Waals surface area contributed by atoms with E-state index in [-0.39, 0.29) is 25.4 Å². The maximum absolute atomic E-state index is 13.3. The van der Waals surface area contributed by atoms with Gasteiger partial charge in [0.05, 0.1) is 11.3 Å². The van der Waals surface area contributed by atoms with Gasteiger partial charge >= 0.3 is 11.9 Å². The monoisotopic (exact) mass is 370 g/mol. The van der Waals surface area contributed by atoms with Gasteiger partial charge in [0.2, 0.25) is 0 Å². The van der Waals surface area contributed by atoms with Gasteiger partial charge < -0.3 is 15.2 Å². The lowest BCUT2D eigenvalue weighted by Crippen LogP contribution is -2.40. The van der Waals surface area contributed by atoms with E-state index in [0.717, 1.165) is 5.56 Å². The molecule has 0 saturated heterocycles. The second kappa shape index (κ2) is 8.55. The number of hydrogen-bond donors (Lipinski definition) is 2. The first-order chi connectivity index (χ1) is 13.0. The van der Waals surface area contributed by atoms with Crippen molar-refractivity contribution >= 4 is 23.3 Å². The predicted octanol–water partition coefficient (Wildman–Crippen LogP) is 2.74. The number of carbonyl (C=O) groups is 2. The zero-order valence-electron chi connectivity index (χ0n) is 14.5. The van der Waals surface area contributed by atoms with Crippen molar-refractivity contribution in [3.63, 3.8) is 0 Å². The molecule has 0 aromatic heterocycles. The van der Waals surface area contributed by atoms with Crippen LogP contribution in [0.4, 0.5) is 10.1 Å². The molecule has 0 unspecified atom stereocenters. The Kier molecular flexibility index (Phi) is 5.93. The number of nitrogens with zero attached hydrogens (tertiary/aromatic N) is 1. The van der Waals surface area contributed by atoms with Crippen molar-refractivity contribution in [3.05, 3.63) is 65.5 Å². The average Bonchev–Trinajstić information content (AvgIpc) is 3.06. The lowest BCUT2D eigenvalue weighted by atomic mass is 10.0. The molecule has 1 aliphatic heterocycles. The lowest BCUT2D eigenvalue weighted by Gasteiger charge is -2.14. The van der Waals surface area contributed by atoms with Gasteiger partial charge in [0.1, 0.15) is 18.5 Å². The number of aliphatic carboxylic acids is 1. The Balaban J connectivity index is 1.48. The minimum atomic E-state index is -1.02. The first-order valence-corrected chi connectivity index (χ1v) is 8.56. The minimum Gasteiger partial charge on any atom is -0.480 e. The van der Waals surface area contributed by atoms with Crippen LogP contribution >= 0.6 is 0 Å². The molecule has 0 saturated carbocycles. The molecule has 6 nitrogen and oxygen atoms in total. The zero-order valence-corrected chi connectivity index (χ0v) is 14.5. The molecule has 140 valence electrons. The highest BCUT2D eigenvalue weighted by Gasteiger charge is 2.23. The second-order valence-electron chi connectivity index (χ2n) is 6.18. The molecule has 2 aromatic carbocycles. The Hall–Kier alpha value is -3.06. The van der Waals surface area contributed by atoms with E-state index in [0.29, 0.717) is 23.4 Å². The number of ether oxygens (including phenoxy) is 1. The summed E-state index contributed by atoms with van der Waals surface area (Å²) < 4.78 is 18.4. The molecule has 1 aliphatic rings. The van der Waals surface area contributed by atoms with Gasteiger partial charge in [-0.15, -0.1) is 0 Å². The minimum absolute atomic E-state index is 0.0510. The summed E-state index contributed by atoms with van der Waals surface area (Å²) in [5.41, 5.74) is 2.55. The SMILES string of the molecule is O=C(OCCN[C@H](CC1=Nc2ccc(F)cc2C1)C(=O)O)c1ccccc1. The van der Waals surface area contributed by atoms with E-state index in [4.69, 9.17) is 4.74 Å². The van der Waals surface area contributed by atoms with Crippen LogP contribution in [-0.4, -0.2) is 42.0 Å². The van der Waals surface area contributed by atoms with Gasteiger partial charge in [0, 0.05) is 25.1 Å². The van der Waals surface area contributed by atoms with Crippen LogP contribution in [0.3, 0.4) is 0 Å². The fourth-order valence-electron chi connectivity index (χ4n) is 2.87. The van der Waals surface area contributed by atoms with Crippen LogP contribution in [0.2, 0.25) is 0 Å². The zero-order chi connectivity index (χ0) is 19.2. The van der Waals surface area contributed by atoms with Gasteiger partial charge in [-0.1, -0.05) is 18.2 Å². The Morgan fingerprint density at radius 3 is 2.74 bits per heavy atom. The summed E-state index contributed by atoms with van der Waals surface area (Å²) >= 11 is 0. The number of aliphatic imine (C=N–C) groups is 1. The van der Waals surface area contributed by atoms with Crippen molar-refractivity contribution in [2.24, 2.45) is 4.99 Å². The standard InChI is InChI=1S/C20H19FN2O4/c21-15-6-7-17-14(10-15)11-16(23-17)12-18(19(24)25)22-8-9-27-20(26)13-4-2-1-3-5-13/h1-7,10,18,22H,8-9,11-12H2,(H,24,25)/t18-/m1/s1. The molecule has 3 rings (SSSR count). The average molecular weight is 370 g/mol. The number of halogens is 1. The molecule has 0 fully saturated rings. The second-order valence-corrected chi connectivity index (χ2v) is 6.18. The van der Waals surface area contributed by atoms with E-state index < -0.39 is 18.0 Å². The number of fused-ring (bicyclic) bond motifs is 1. The van der Waals surface area contributed by atoms with Crippen molar-refractivity contribution < 1.29 is 23.8 Å². The molecule has 1 heterocycles. The third kappa shape index (κ3) is 4.98. The van der Waals surface area contributed by atoms with Gasteiger partial charge in [0.15, 0.2) is 0 Å². The number of benzene rings is 2. The first kappa shape index (κ1) is 18.7. The lowest BCUT2D eigenvalue weighted by molar-refractivity contribution is -0.139. The molecular formula is C20H19FN2O4. The van der Waals surface area contributed by atoms with Gasteiger partial charge in [0.25, 0.3) is 0 Å². The number of hydrogen-bond acceptors (Lipinski definition) is 5. The van der Waals surface area contributed by atoms with Crippen LogP contribution in [0.5, 0.6) is 0 Å².